The topological polar surface area (TPSA) is 46.3 Å². The highest BCUT2D eigenvalue weighted by molar-refractivity contribution is 7.80. The third kappa shape index (κ3) is 1.99. The van der Waals surface area contributed by atoms with Crippen LogP contribution in [0, 0.1) is 0 Å². The van der Waals surface area contributed by atoms with Crippen LogP contribution in [-0.2, 0) is 11.2 Å². The van der Waals surface area contributed by atoms with Crippen molar-refractivity contribution in [3.05, 3.63) is 29.8 Å². The molecule has 0 fully saturated rings. The van der Waals surface area contributed by atoms with E-state index in [4.69, 9.17) is 18.0 Å². The summed E-state index contributed by atoms with van der Waals surface area (Å²) in [5, 5.41) is 0. The van der Waals surface area contributed by atoms with Crippen LogP contribution in [0.15, 0.2) is 24.3 Å². The molecule has 0 atom stereocenters. The van der Waals surface area contributed by atoms with Gasteiger partial charge in [-0.1, -0.05) is 30.4 Å². The molecule has 15 heavy (non-hydrogen) atoms. The first-order valence-corrected chi connectivity index (χ1v) is 5.26. The largest absolute Gasteiger partial charge is 0.393 e. The summed E-state index contributed by atoms with van der Waals surface area (Å²) in [6.07, 6.45) is 1.07. The Morgan fingerprint density at radius 3 is 2.93 bits per heavy atom. The lowest BCUT2D eigenvalue weighted by molar-refractivity contribution is -0.117. The monoisotopic (exact) mass is 220 g/mol. The van der Waals surface area contributed by atoms with Gasteiger partial charge in [0.2, 0.25) is 5.91 Å². The van der Waals surface area contributed by atoms with Crippen LogP contribution in [0.4, 0.5) is 5.69 Å². The van der Waals surface area contributed by atoms with Crippen LogP contribution in [0.1, 0.15) is 12.0 Å². The lowest BCUT2D eigenvalue weighted by Crippen LogP contribution is -2.31. The molecular formula is C11H12N2OS. The van der Waals surface area contributed by atoms with Gasteiger partial charge in [-0.25, -0.2) is 0 Å². The standard InChI is InChI=1S/C11H12N2OS/c12-10(15)7-11(14)13-6-5-8-3-1-2-4-9(8)13/h1-4H,5-7H2,(H2,12,15). The van der Waals surface area contributed by atoms with Crippen molar-refractivity contribution < 1.29 is 4.79 Å². The number of thiocarbonyl (C=S) groups is 1. The molecule has 0 aromatic heterocycles. The Morgan fingerprint density at radius 2 is 2.20 bits per heavy atom. The molecule has 4 heteroatoms. The van der Waals surface area contributed by atoms with E-state index in [1.807, 2.05) is 24.3 Å². The van der Waals surface area contributed by atoms with Crippen LogP contribution in [0.5, 0.6) is 0 Å². The Labute approximate surface area is 93.9 Å². The van der Waals surface area contributed by atoms with Crippen molar-refractivity contribution in [1.82, 2.24) is 0 Å². The number of fused-ring (bicyclic) bond motifs is 1. The van der Waals surface area contributed by atoms with E-state index in [0.29, 0.717) is 0 Å². The molecule has 1 aliphatic rings. The summed E-state index contributed by atoms with van der Waals surface area (Å²) in [5.41, 5.74) is 7.58. The predicted molar refractivity (Wildman–Crippen MR) is 63.9 cm³/mol. The van der Waals surface area contributed by atoms with Crippen LogP contribution in [0.3, 0.4) is 0 Å². The lowest BCUT2D eigenvalue weighted by atomic mass is 10.2. The third-order valence-corrected chi connectivity index (χ3v) is 2.66. The third-order valence-electron chi connectivity index (χ3n) is 2.51. The fraction of sp³-hybridized carbons (Fsp3) is 0.273. The Bertz CT molecular complexity index is 417. The van der Waals surface area contributed by atoms with Crippen LogP contribution in [0.25, 0.3) is 0 Å². The summed E-state index contributed by atoms with van der Waals surface area (Å²) in [4.78, 5) is 13.8. The smallest absolute Gasteiger partial charge is 0.233 e. The SMILES string of the molecule is NC(=S)CC(=O)N1CCc2ccccc21. The molecule has 0 spiro atoms. The molecule has 1 aromatic carbocycles. The molecule has 78 valence electrons. The van der Waals surface area contributed by atoms with Crippen molar-refractivity contribution in [2.45, 2.75) is 12.8 Å². The van der Waals surface area contributed by atoms with Gasteiger partial charge in [-0.05, 0) is 18.1 Å². The van der Waals surface area contributed by atoms with Gasteiger partial charge in [0.25, 0.3) is 0 Å². The molecule has 2 rings (SSSR count). The number of carbonyl (C=O) groups excluding carboxylic acids is 1. The maximum atomic E-state index is 11.8. The van der Waals surface area contributed by atoms with Gasteiger partial charge in [0.15, 0.2) is 0 Å². The van der Waals surface area contributed by atoms with E-state index in [0.717, 1.165) is 18.7 Å². The van der Waals surface area contributed by atoms with E-state index in [9.17, 15) is 4.79 Å². The lowest BCUT2D eigenvalue weighted by Gasteiger charge is -2.16. The zero-order valence-corrected chi connectivity index (χ0v) is 9.09. The summed E-state index contributed by atoms with van der Waals surface area (Å²) in [6, 6.07) is 7.93. The Morgan fingerprint density at radius 1 is 1.47 bits per heavy atom. The first kappa shape index (κ1) is 10.1. The molecule has 1 aromatic rings. The van der Waals surface area contributed by atoms with E-state index < -0.39 is 0 Å². The molecule has 1 heterocycles. The number of rotatable bonds is 2. The average molecular weight is 220 g/mol. The van der Waals surface area contributed by atoms with Crippen molar-refractivity contribution in [3.63, 3.8) is 0 Å². The number of nitrogens with two attached hydrogens (primary N) is 1. The minimum atomic E-state index is -0.00699. The summed E-state index contributed by atoms with van der Waals surface area (Å²) in [6.45, 7) is 0.737. The van der Waals surface area contributed by atoms with E-state index in [1.54, 1.807) is 4.90 Å². The first-order valence-electron chi connectivity index (χ1n) is 4.85. The van der Waals surface area contributed by atoms with E-state index in [1.165, 1.54) is 5.56 Å². The number of nitrogens with zero attached hydrogens (tertiary/aromatic N) is 1. The van der Waals surface area contributed by atoms with Gasteiger partial charge in [-0.2, -0.15) is 0 Å². The molecular weight excluding hydrogens is 208 g/mol. The van der Waals surface area contributed by atoms with Crippen molar-refractivity contribution >= 4 is 28.8 Å². The minimum Gasteiger partial charge on any atom is -0.393 e. The maximum Gasteiger partial charge on any atom is 0.233 e. The van der Waals surface area contributed by atoms with Gasteiger partial charge >= 0.3 is 0 Å². The van der Waals surface area contributed by atoms with Crippen molar-refractivity contribution in [2.24, 2.45) is 5.73 Å². The second-order valence-corrected chi connectivity index (χ2v) is 4.09. The van der Waals surface area contributed by atoms with Crippen LogP contribution in [-0.4, -0.2) is 17.4 Å². The second kappa shape index (κ2) is 3.98. The molecule has 0 radical (unpaired) electrons. The number of hydrogen-bond donors (Lipinski definition) is 1. The summed E-state index contributed by atoms with van der Waals surface area (Å²) < 4.78 is 0. The molecule has 2 N–H and O–H groups in total. The van der Waals surface area contributed by atoms with Crippen LogP contribution >= 0.6 is 12.2 Å². The number of carbonyl (C=O) groups is 1. The van der Waals surface area contributed by atoms with Gasteiger partial charge < -0.3 is 10.6 Å². The predicted octanol–water partition coefficient (Wildman–Crippen LogP) is 1.25. The van der Waals surface area contributed by atoms with Crippen LogP contribution in [0.2, 0.25) is 0 Å². The van der Waals surface area contributed by atoms with Gasteiger partial charge in [0.05, 0.1) is 11.4 Å². The summed E-state index contributed by atoms with van der Waals surface area (Å²) in [5.74, 6) is -0.00699. The van der Waals surface area contributed by atoms with Crippen LogP contribution < -0.4 is 10.6 Å². The highest BCUT2D eigenvalue weighted by atomic mass is 32.1. The van der Waals surface area contributed by atoms with Gasteiger partial charge in [0, 0.05) is 12.2 Å². The number of hydrogen-bond acceptors (Lipinski definition) is 2. The number of para-hydroxylation sites is 1. The van der Waals surface area contributed by atoms with E-state index >= 15 is 0 Å². The first-order chi connectivity index (χ1) is 7.18. The van der Waals surface area contributed by atoms with Crippen molar-refractivity contribution in [1.29, 1.82) is 0 Å². The van der Waals surface area contributed by atoms with Gasteiger partial charge in [-0.3, -0.25) is 4.79 Å². The normalized spacial score (nSPS) is 13.7. The zero-order chi connectivity index (χ0) is 10.8. The van der Waals surface area contributed by atoms with Crippen molar-refractivity contribution in [3.8, 4) is 0 Å². The number of amides is 1. The number of benzene rings is 1. The number of anilines is 1. The molecule has 0 unspecified atom stereocenters. The van der Waals surface area contributed by atoms with Gasteiger partial charge in [0.1, 0.15) is 0 Å². The second-order valence-electron chi connectivity index (χ2n) is 3.57. The molecule has 3 nitrogen and oxygen atoms in total. The Hall–Kier alpha value is -1.42. The Kier molecular flexibility index (Phi) is 2.68. The summed E-state index contributed by atoms with van der Waals surface area (Å²) >= 11 is 4.74. The molecule has 1 aliphatic heterocycles. The average Bonchev–Trinajstić information content (AvgIpc) is 2.59. The Balaban J connectivity index is 2.20. The zero-order valence-electron chi connectivity index (χ0n) is 8.27. The maximum absolute atomic E-state index is 11.8. The quantitative estimate of drug-likeness (QED) is 0.763. The van der Waals surface area contributed by atoms with E-state index in [2.05, 4.69) is 0 Å². The molecule has 0 saturated heterocycles. The molecule has 1 amide bonds. The molecule has 0 saturated carbocycles. The molecule has 0 aliphatic carbocycles. The highest BCUT2D eigenvalue weighted by Gasteiger charge is 2.23. The fourth-order valence-corrected chi connectivity index (χ4v) is 1.97. The minimum absolute atomic E-state index is 0.00699. The van der Waals surface area contributed by atoms with Gasteiger partial charge in [-0.15, -0.1) is 0 Å². The molecule has 0 bridgehead atoms. The van der Waals surface area contributed by atoms with E-state index in [-0.39, 0.29) is 17.3 Å². The highest BCUT2D eigenvalue weighted by Crippen LogP contribution is 2.27. The fourth-order valence-electron chi connectivity index (χ4n) is 1.84. The van der Waals surface area contributed by atoms with Crippen molar-refractivity contribution in [2.75, 3.05) is 11.4 Å². The summed E-state index contributed by atoms with van der Waals surface area (Å²) in [7, 11) is 0.